The van der Waals surface area contributed by atoms with Gasteiger partial charge in [0.15, 0.2) is 0 Å². The highest BCUT2D eigenvalue weighted by atomic mass is 127. The quantitative estimate of drug-likeness (QED) is 0.229. The number of benzene rings is 3. The SMILES string of the molecule is O=C1C(=O)N(CCc2ccccc2)C(c2ccc(I)cc2)/C1=C(\O)c1ccccc1. The first kappa shape index (κ1) is 20.3. The standard InChI is InChI=1S/C25H20INO3/c26-20-13-11-18(12-14-20)22-21(23(28)19-9-5-2-6-10-19)24(29)25(30)27(22)16-15-17-7-3-1-4-8-17/h1-14,22,28H,15-16H2/b23-21+. The Bertz CT molecular complexity index is 1090. The molecule has 1 atom stereocenters. The molecule has 3 aromatic rings. The molecule has 0 saturated carbocycles. The van der Waals surface area contributed by atoms with Crippen LogP contribution in [0.4, 0.5) is 0 Å². The van der Waals surface area contributed by atoms with Crippen LogP contribution in [0, 0.1) is 3.57 Å². The molecule has 1 fully saturated rings. The summed E-state index contributed by atoms with van der Waals surface area (Å²) in [5.74, 6) is -1.36. The highest BCUT2D eigenvalue weighted by molar-refractivity contribution is 14.1. The molecule has 0 aliphatic carbocycles. The maximum absolute atomic E-state index is 13.0. The van der Waals surface area contributed by atoms with Crippen molar-refractivity contribution in [2.45, 2.75) is 12.5 Å². The molecule has 1 N–H and O–H groups in total. The second-order valence-electron chi connectivity index (χ2n) is 7.15. The number of hydrogen-bond donors (Lipinski definition) is 1. The lowest BCUT2D eigenvalue weighted by molar-refractivity contribution is -0.139. The molecule has 1 unspecified atom stereocenters. The molecule has 1 saturated heterocycles. The molecule has 4 rings (SSSR count). The van der Waals surface area contributed by atoms with Crippen molar-refractivity contribution >= 4 is 40.0 Å². The lowest BCUT2D eigenvalue weighted by Crippen LogP contribution is -2.31. The Morgan fingerprint density at radius 3 is 2.10 bits per heavy atom. The number of aliphatic hydroxyl groups is 1. The second-order valence-corrected chi connectivity index (χ2v) is 8.39. The largest absolute Gasteiger partial charge is 0.507 e. The third kappa shape index (κ3) is 4.03. The smallest absolute Gasteiger partial charge is 0.295 e. The van der Waals surface area contributed by atoms with Crippen LogP contribution >= 0.6 is 22.6 Å². The van der Waals surface area contributed by atoms with Gasteiger partial charge in [0.1, 0.15) is 5.76 Å². The number of ketones is 1. The predicted octanol–water partition coefficient (Wildman–Crippen LogP) is 4.96. The van der Waals surface area contributed by atoms with Gasteiger partial charge in [-0.05, 0) is 52.3 Å². The first-order valence-corrected chi connectivity index (χ1v) is 10.8. The van der Waals surface area contributed by atoms with E-state index in [9.17, 15) is 14.7 Å². The van der Waals surface area contributed by atoms with E-state index in [1.54, 1.807) is 29.2 Å². The number of likely N-dealkylation sites (tertiary alicyclic amines) is 1. The van der Waals surface area contributed by atoms with Gasteiger partial charge < -0.3 is 10.0 Å². The summed E-state index contributed by atoms with van der Waals surface area (Å²) in [6.45, 7) is 0.386. The van der Waals surface area contributed by atoms with Gasteiger partial charge in [0.25, 0.3) is 11.7 Å². The Morgan fingerprint density at radius 2 is 1.47 bits per heavy atom. The zero-order chi connectivity index (χ0) is 21.1. The van der Waals surface area contributed by atoms with E-state index in [-0.39, 0.29) is 11.3 Å². The maximum atomic E-state index is 13.0. The van der Waals surface area contributed by atoms with Crippen molar-refractivity contribution in [1.82, 2.24) is 4.90 Å². The molecule has 0 spiro atoms. The molecule has 0 bridgehead atoms. The molecule has 0 radical (unpaired) electrons. The van der Waals surface area contributed by atoms with E-state index >= 15 is 0 Å². The summed E-state index contributed by atoms with van der Waals surface area (Å²) >= 11 is 2.22. The molecule has 1 aliphatic rings. The van der Waals surface area contributed by atoms with Crippen LogP contribution in [0.2, 0.25) is 0 Å². The van der Waals surface area contributed by atoms with Gasteiger partial charge in [-0.25, -0.2) is 0 Å². The summed E-state index contributed by atoms with van der Waals surface area (Å²) in [5.41, 5.74) is 2.55. The molecule has 1 aliphatic heterocycles. The zero-order valence-corrected chi connectivity index (χ0v) is 18.3. The van der Waals surface area contributed by atoms with Crippen LogP contribution in [0.5, 0.6) is 0 Å². The van der Waals surface area contributed by atoms with Gasteiger partial charge in [0, 0.05) is 15.7 Å². The van der Waals surface area contributed by atoms with Crippen molar-refractivity contribution in [2.75, 3.05) is 6.54 Å². The first-order chi connectivity index (χ1) is 14.6. The predicted molar refractivity (Wildman–Crippen MR) is 125 cm³/mol. The number of rotatable bonds is 5. The first-order valence-electron chi connectivity index (χ1n) is 9.69. The van der Waals surface area contributed by atoms with Crippen molar-refractivity contribution in [1.29, 1.82) is 0 Å². The third-order valence-corrected chi connectivity index (χ3v) is 5.98. The number of carbonyl (C=O) groups excluding carboxylic acids is 2. The molecule has 3 aromatic carbocycles. The Hall–Kier alpha value is -2.93. The third-order valence-electron chi connectivity index (χ3n) is 5.26. The van der Waals surface area contributed by atoms with Crippen molar-refractivity contribution in [2.24, 2.45) is 0 Å². The van der Waals surface area contributed by atoms with Crippen LogP contribution in [0.3, 0.4) is 0 Å². The summed E-state index contributed by atoms with van der Waals surface area (Å²) in [6.07, 6.45) is 0.625. The molecule has 30 heavy (non-hydrogen) atoms. The average molecular weight is 509 g/mol. The number of amides is 1. The summed E-state index contributed by atoms with van der Waals surface area (Å²) in [7, 11) is 0. The van der Waals surface area contributed by atoms with Gasteiger partial charge in [0.05, 0.1) is 11.6 Å². The molecular formula is C25H20INO3. The van der Waals surface area contributed by atoms with Gasteiger partial charge in [0.2, 0.25) is 0 Å². The summed E-state index contributed by atoms with van der Waals surface area (Å²) in [4.78, 5) is 27.5. The van der Waals surface area contributed by atoms with E-state index < -0.39 is 17.7 Å². The molecule has 1 heterocycles. The van der Waals surface area contributed by atoms with Crippen molar-refractivity contribution in [3.63, 3.8) is 0 Å². The lowest BCUT2D eigenvalue weighted by Gasteiger charge is -2.25. The number of Topliss-reactive ketones (excluding diaryl/α,β-unsaturated/α-hetero) is 1. The van der Waals surface area contributed by atoms with Crippen molar-refractivity contribution in [3.05, 3.63) is 111 Å². The fraction of sp³-hybridized carbons (Fsp3) is 0.120. The fourth-order valence-electron chi connectivity index (χ4n) is 3.75. The van der Waals surface area contributed by atoms with Crippen LogP contribution in [0.15, 0.2) is 90.5 Å². The zero-order valence-electron chi connectivity index (χ0n) is 16.2. The molecule has 5 heteroatoms. The Balaban J connectivity index is 1.78. The summed E-state index contributed by atoms with van der Waals surface area (Å²) in [6, 6.07) is 25.8. The number of hydrogen-bond acceptors (Lipinski definition) is 3. The topological polar surface area (TPSA) is 57.6 Å². The van der Waals surface area contributed by atoms with Crippen molar-refractivity contribution < 1.29 is 14.7 Å². The normalized spacial score (nSPS) is 18.0. The molecule has 0 aromatic heterocycles. The second kappa shape index (κ2) is 8.83. The minimum Gasteiger partial charge on any atom is -0.507 e. The number of halogens is 1. The van der Waals surface area contributed by atoms with Gasteiger partial charge in [-0.1, -0.05) is 72.8 Å². The Kier molecular flexibility index (Phi) is 5.99. The van der Waals surface area contributed by atoms with Crippen LogP contribution in [0.25, 0.3) is 5.76 Å². The average Bonchev–Trinajstić information content (AvgIpc) is 3.04. The van der Waals surface area contributed by atoms with E-state index in [0.717, 1.165) is 14.7 Å². The number of nitrogens with zero attached hydrogens (tertiary/aromatic N) is 1. The van der Waals surface area contributed by atoms with E-state index in [4.69, 9.17) is 0 Å². The Labute approximate surface area is 189 Å². The fourth-order valence-corrected chi connectivity index (χ4v) is 4.11. The molecule has 1 amide bonds. The maximum Gasteiger partial charge on any atom is 0.295 e. The summed E-state index contributed by atoms with van der Waals surface area (Å²) < 4.78 is 1.06. The van der Waals surface area contributed by atoms with Gasteiger partial charge in [-0.15, -0.1) is 0 Å². The van der Waals surface area contributed by atoms with E-state index in [2.05, 4.69) is 22.6 Å². The number of aliphatic hydroxyl groups excluding tert-OH is 1. The monoisotopic (exact) mass is 509 g/mol. The Morgan fingerprint density at radius 1 is 0.867 bits per heavy atom. The van der Waals surface area contributed by atoms with E-state index in [0.29, 0.717) is 18.5 Å². The molecule has 4 nitrogen and oxygen atoms in total. The van der Waals surface area contributed by atoms with Crippen LogP contribution in [0.1, 0.15) is 22.7 Å². The highest BCUT2D eigenvalue weighted by Crippen LogP contribution is 2.39. The minimum atomic E-state index is -0.645. The van der Waals surface area contributed by atoms with Crippen LogP contribution < -0.4 is 0 Å². The lowest BCUT2D eigenvalue weighted by atomic mass is 9.95. The summed E-state index contributed by atoms with van der Waals surface area (Å²) in [5, 5.41) is 11.0. The van der Waals surface area contributed by atoms with Gasteiger partial charge in [-0.2, -0.15) is 0 Å². The van der Waals surface area contributed by atoms with Crippen LogP contribution in [-0.2, 0) is 16.0 Å². The van der Waals surface area contributed by atoms with Gasteiger partial charge in [-0.3, -0.25) is 9.59 Å². The van der Waals surface area contributed by atoms with E-state index in [1.807, 2.05) is 60.7 Å². The van der Waals surface area contributed by atoms with Gasteiger partial charge >= 0.3 is 0 Å². The molecular weight excluding hydrogens is 489 g/mol. The molecule has 150 valence electrons. The van der Waals surface area contributed by atoms with E-state index in [1.165, 1.54) is 0 Å². The number of carbonyl (C=O) groups is 2. The van der Waals surface area contributed by atoms with Crippen LogP contribution in [-0.4, -0.2) is 28.2 Å². The highest BCUT2D eigenvalue weighted by Gasteiger charge is 2.45. The van der Waals surface area contributed by atoms with Crippen molar-refractivity contribution in [3.8, 4) is 0 Å². The minimum absolute atomic E-state index is 0.139.